The van der Waals surface area contributed by atoms with Gasteiger partial charge in [-0.05, 0) is 31.2 Å². The van der Waals surface area contributed by atoms with Gasteiger partial charge in [-0.2, -0.15) is 0 Å². The monoisotopic (exact) mass is 359 g/mol. The van der Waals surface area contributed by atoms with Crippen molar-refractivity contribution in [3.63, 3.8) is 0 Å². The summed E-state index contributed by atoms with van der Waals surface area (Å²) in [5, 5.41) is 3.96. The molecule has 1 N–H and O–H groups in total. The Morgan fingerprint density at radius 1 is 1.20 bits per heavy atom. The number of rotatable bonds is 5. The van der Waals surface area contributed by atoms with E-state index in [1.807, 2.05) is 29.2 Å². The van der Waals surface area contributed by atoms with Gasteiger partial charge in [0.05, 0.1) is 12.4 Å². The normalized spacial score (nSPS) is 15.2. The molecular formula is C18H22ClN5O. The van der Waals surface area contributed by atoms with Crippen LogP contribution in [0.1, 0.15) is 16.1 Å². The average Bonchev–Trinajstić information content (AvgIpc) is 2.62. The van der Waals surface area contributed by atoms with Gasteiger partial charge in [-0.15, -0.1) is 0 Å². The van der Waals surface area contributed by atoms with Crippen molar-refractivity contribution in [1.82, 2.24) is 19.8 Å². The van der Waals surface area contributed by atoms with Crippen LogP contribution >= 0.6 is 11.6 Å². The number of anilines is 1. The van der Waals surface area contributed by atoms with Gasteiger partial charge in [-0.1, -0.05) is 23.7 Å². The molecular weight excluding hydrogens is 338 g/mol. The molecule has 1 aliphatic heterocycles. The lowest BCUT2D eigenvalue weighted by molar-refractivity contribution is 0.0658. The molecule has 0 unspecified atom stereocenters. The van der Waals surface area contributed by atoms with Crippen LogP contribution in [0.2, 0.25) is 5.02 Å². The third kappa shape index (κ3) is 4.90. The number of aromatic nitrogens is 2. The summed E-state index contributed by atoms with van der Waals surface area (Å²) in [5.41, 5.74) is 1.56. The molecule has 1 saturated heterocycles. The van der Waals surface area contributed by atoms with E-state index in [1.54, 1.807) is 12.4 Å². The maximum Gasteiger partial charge on any atom is 0.274 e. The van der Waals surface area contributed by atoms with E-state index in [0.717, 1.165) is 49.7 Å². The summed E-state index contributed by atoms with van der Waals surface area (Å²) in [6.45, 7) is 3.97. The van der Waals surface area contributed by atoms with Crippen molar-refractivity contribution in [2.45, 2.75) is 6.42 Å². The van der Waals surface area contributed by atoms with Gasteiger partial charge in [0.25, 0.3) is 5.91 Å². The quantitative estimate of drug-likeness (QED) is 0.886. The Hall–Kier alpha value is -2.18. The van der Waals surface area contributed by atoms with Crippen LogP contribution in [0.15, 0.2) is 36.7 Å². The third-order valence-electron chi connectivity index (χ3n) is 4.27. The predicted octanol–water partition coefficient (Wildman–Crippen LogP) is 2.17. The summed E-state index contributed by atoms with van der Waals surface area (Å²) < 4.78 is 0. The van der Waals surface area contributed by atoms with Gasteiger partial charge < -0.3 is 15.1 Å². The van der Waals surface area contributed by atoms with Gasteiger partial charge >= 0.3 is 0 Å². The van der Waals surface area contributed by atoms with E-state index >= 15 is 0 Å². The Morgan fingerprint density at radius 3 is 2.68 bits per heavy atom. The van der Waals surface area contributed by atoms with E-state index in [-0.39, 0.29) is 5.91 Å². The largest absolute Gasteiger partial charge is 0.368 e. The van der Waals surface area contributed by atoms with Gasteiger partial charge in [0.15, 0.2) is 0 Å². The van der Waals surface area contributed by atoms with Crippen molar-refractivity contribution in [2.24, 2.45) is 0 Å². The number of hydrogen-bond donors (Lipinski definition) is 1. The smallest absolute Gasteiger partial charge is 0.274 e. The molecule has 132 valence electrons. The molecule has 0 aliphatic carbocycles. The number of nitrogens with zero attached hydrogens (tertiary/aromatic N) is 4. The molecule has 25 heavy (non-hydrogen) atoms. The number of piperazine rings is 1. The summed E-state index contributed by atoms with van der Waals surface area (Å²) in [4.78, 5) is 25.0. The number of benzene rings is 1. The molecule has 1 amide bonds. The van der Waals surface area contributed by atoms with Crippen molar-refractivity contribution < 1.29 is 4.79 Å². The minimum Gasteiger partial charge on any atom is -0.368 e. The summed E-state index contributed by atoms with van der Waals surface area (Å²) >= 11 is 5.98. The summed E-state index contributed by atoms with van der Waals surface area (Å²) in [5.74, 6) is 0.614. The Labute approximate surface area is 152 Å². The van der Waals surface area contributed by atoms with E-state index in [1.165, 1.54) is 0 Å². The van der Waals surface area contributed by atoms with E-state index in [4.69, 9.17) is 11.6 Å². The van der Waals surface area contributed by atoms with Crippen molar-refractivity contribution in [3.05, 3.63) is 52.9 Å². The number of likely N-dealkylation sites (N-methyl/N-ethyl adjacent to an activating group) is 1. The lowest BCUT2D eigenvalue weighted by atomic mass is 10.1. The topological polar surface area (TPSA) is 61.4 Å². The Morgan fingerprint density at radius 2 is 2.00 bits per heavy atom. The molecule has 0 saturated carbocycles. The second-order valence-corrected chi connectivity index (χ2v) is 6.63. The van der Waals surface area contributed by atoms with E-state index in [2.05, 4.69) is 27.2 Å². The van der Waals surface area contributed by atoms with Crippen molar-refractivity contribution >= 4 is 23.3 Å². The summed E-state index contributed by atoms with van der Waals surface area (Å²) in [6.07, 6.45) is 3.99. The lowest BCUT2D eigenvalue weighted by Gasteiger charge is -2.32. The molecule has 2 heterocycles. The van der Waals surface area contributed by atoms with Gasteiger partial charge in [0.2, 0.25) is 0 Å². The molecule has 0 atom stereocenters. The highest BCUT2D eigenvalue weighted by molar-refractivity contribution is 6.30. The van der Waals surface area contributed by atoms with E-state index in [0.29, 0.717) is 11.5 Å². The molecule has 6 nitrogen and oxygen atoms in total. The highest BCUT2D eigenvalue weighted by Crippen LogP contribution is 2.12. The third-order valence-corrected chi connectivity index (χ3v) is 4.51. The fraction of sp³-hybridized carbons (Fsp3) is 0.389. The van der Waals surface area contributed by atoms with Gasteiger partial charge in [-0.25, -0.2) is 9.97 Å². The van der Waals surface area contributed by atoms with Crippen LogP contribution in [0.5, 0.6) is 0 Å². The lowest BCUT2D eigenvalue weighted by Crippen LogP contribution is -2.47. The Kier molecular flexibility index (Phi) is 5.83. The van der Waals surface area contributed by atoms with Crippen molar-refractivity contribution in [2.75, 3.05) is 45.1 Å². The average molecular weight is 360 g/mol. The molecule has 0 spiro atoms. The maximum atomic E-state index is 12.4. The summed E-state index contributed by atoms with van der Waals surface area (Å²) in [7, 11) is 2.06. The molecule has 3 rings (SSSR count). The van der Waals surface area contributed by atoms with Crippen molar-refractivity contribution in [3.8, 4) is 0 Å². The Balaban J connectivity index is 1.51. The number of halogens is 1. The number of nitrogens with one attached hydrogen (secondary N) is 1. The molecule has 7 heteroatoms. The predicted molar refractivity (Wildman–Crippen MR) is 99.1 cm³/mol. The molecule has 1 aliphatic rings. The van der Waals surface area contributed by atoms with Crippen LogP contribution < -0.4 is 5.32 Å². The fourth-order valence-corrected chi connectivity index (χ4v) is 2.94. The zero-order valence-electron chi connectivity index (χ0n) is 14.3. The second kappa shape index (κ2) is 8.27. The van der Waals surface area contributed by atoms with Crippen molar-refractivity contribution in [1.29, 1.82) is 0 Å². The first-order chi connectivity index (χ1) is 12.1. The van der Waals surface area contributed by atoms with Gasteiger partial charge in [0.1, 0.15) is 11.5 Å². The van der Waals surface area contributed by atoms with Crippen LogP contribution in [0.3, 0.4) is 0 Å². The van der Waals surface area contributed by atoms with Crippen LogP contribution in [-0.4, -0.2) is 65.4 Å². The summed E-state index contributed by atoms with van der Waals surface area (Å²) in [6, 6.07) is 7.79. The van der Waals surface area contributed by atoms with Crippen LogP contribution in [0, 0.1) is 0 Å². The SMILES string of the molecule is CN1CCN(C(=O)c2cnc(NCCc3cccc(Cl)c3)cn2)CC1. The highest BCUT2D eigenvalue weighted by Gasteiger charge is 2.21. The standard InChI is InChI=1S/C18H22ClN5O/c1-23-7-9-24(10-8-23)18(25)16-12-22-17(13-21-16)20-6-5-14-3-2-4-15(19)11-14/h2-4,11-13H,5-10H2,1H3,(H,20,22). The van der Waals surface area contributed by atoms with E-state index in [9.17, 15) is 4.79 Å². The minimum atomic E-state index is -0.0499. The van der Waals surface area contributed by atoms with Gasteiger partial charge in [-0.3, -0.25) is 4.79 Å². The fourth-order valence-electron chi connectivity index (χ4n) is 2.73. The Bertz CT molecular complexity index is 714. The molecule has 1 fully saturated rings. The van der Waals surface area contributed by atoms with Gasteiger partial charge in [0, 0.05) is 37.7 Å². The first-order valence-electron chi connectivity index (χ1n) is 8.40. The second-order valence-electron chi connectivity index (χ2n) is 6.19. The first kappa shape index (κ1) is 17.6. The molecule has 2 aromatic rings. The zero-order chi connectivity index (χ0) is 17.6. The van der Waals surface area contributed by atoms with Crippen LogP contribution in [-0.2, 0) is 6.42 Å². The molecule has 1 aromatic carbocycles. The van der Waals surface area contributed by atoms with E-state index < -0.39 is 0 Å². The molecule has 0 radical (unpaired) electrons. The molecule has 1 aromatic heterocycles. The first-order valence-corrected chi connectivity index (χ1v) is 8.78. The minimum absolute atomic E-state index is 0.0499. The maximum absolute atomic E-state index is 12.4. The zero-order valence-corrected chi connectivity index (χ0v) is 15.0. The number of hydrogen-bond acceptors (Lipinski definition) is 5. The number of carbonyl (C=O) groups is 1. The molecule has 0 bridgehead atoms. The number of amides is 1. The van der Waals surface area contributed by atoms with Crippen LogP contribution in [0.25, 0.3) is 0 Å². The number of carbonyl (C=O) groups excluding carboxylic acids is 1. The highest BCUT2D eigenvalue weighted by atomic mass is 35.5. The van der Waals surface area contributed by atoms with Crippen LogP contribution in [0.4, 0.5) is 5.82 Å².